The highest BCUT2D eigenvalue weighted by atomic mass is 28.3. The summed E-state index contributed by atoms with van der Waals surface area (Å²) in [6.45, 7) is 13.7. The van der Waals surface area contributed by atoms with E-state index in [1.54, 1.807) is 0 Å². The Hall–Kier alpha value is -0.0431. The predicted octanol–water partition coefficient (Wildman–Crippen LogP) is 5.56. The molecule has 0 spiro atoms. The van der Waals surface area contributed by atoms with Crippen LogP contribution in [-0.4, -0.2) is 8.07 Å². The quantitative estimate of drug-likeness (QED) is 0.411. The molecule has 1 heteroatoms. The van der Waals surface area contributed by atoms with Crippen LogP contribution in [0.5, 0.6) is 0 Å². The van der Waals surface area contributed by atoms with Crippen LogP contribution >= 0.6 is 0 Å². The summed E-state index contributed by atoms with van der Waals surface area (Å²) in [5.74, 6) is 0. The molecule has 0 saturated carbocycles. The van der Waals surface area contributed by atoms with E-state index in [2.05, 4.69) is 46.9 Å². The Labute approximate surface area is 99.6 Å². The Balaban J connectivity index is 4.22. The van der Waals surface area contributed by atoms with Gasteiger partial charge in [0.2, 0.25) is 0 Å². The van der Waals surface area contributed by atoms with Crippen LogP contribution in [0.2, 0.25) is 18.1 Å². The van der Waals surface area contributed by atoms with Gasteiger partial charge in [-0.15, -0.1) is 0 Å². The van der Waals surface area contributed by atoms with Crippen molar-refractivity contribution in [3.8, 4) is 0 Å². The van der Waals surface area contributed by atoms with Gasteiger partial charge in [-0.25, -0.2) is 0 Å². The van der Waals surface area contributed by atoms with Crippen molar-refractivity contribution in [2.75, 3.05) is 0 Å². The summed E-state index contributed by atoms with van der Waals surface area (Å²) < 4.78 is 8.23. The van der Waals surface area contributed by atoms with Crippen LogP contribution in [-0.2, 0) is 0 Å². The average Bonchev–Trinajstić information content (AvgIpc) is 2.15. The number of allylic oxidation sites excluding steroid dienone is 1. The van der Waals surface area contributed by atoms with Gasteiger partial charge in [-0.2, -0.15) is 0 Å². The maximum atomic E-state index is 8.23. The van der Waals surface area contributed by atoms with Crippen LogP contribution in [0.3, 0.4) is 0 Å². The Morgan fingerprint density at radius 2 is 1.73 bits per heavy atom. The monoisotopic (exact) mass is 227 g/mol. The van der Waals surface area contributed by atoms with E-state index in [4.69, 9.17) is 1.37 Å². The molecule has 0 rings (SSSR count). The molecule has 15 heavy (non-hydrogen) atoms. The topological polar surface area (TPSA) is 0 Å². The molecular formula is C14H30Si. The number of hydrogen-bond acceptors (Lipinski definition) is 0. The molecule has 0 nitrogen and oxygen atoms in total. The van der Waals surface area contributed by atoms with Crippen molar-refractivity contribution in [3.05, 3.63) is 11.8 Å². The fraction of sp³-hybridized carbons (Fsp3) is 0.857. The molecular weight excluding hydrogens is 196 g/mol. The SMILES string of the molecule is [2H]/C(=C\CCCCCC)[Si](C)(C)C(C)(C)C. The minimum absolute atomic E-state index is 0.296. The van der Waals surface area contributed by atoms with Crippen molar-refractivity contribution >= 4 is 8.07 Å². The smallest absolute Gasteiger partial charge is 0.0766 e. The van der Waals surface area contributed by atoms with Crippen LogP contribution in [0, 0.1) is 0 Å². The molecule has 90 valence electrons. The molecule has 0 saturated heterocycles. The summed E-state index contributed by atoms with van der Waals surface area (Å²) in [5.41, 5.74) is 0.941. The lowest BCUT2D eigenvalue weighted by atomic mass is 10.2. The van der Waals surface area contributed by atoms with Crippen molar-refractivity contribution in [3.63, 3.8) is 0 Å². The van der Waals surface area contributed by atoms with Gasteiger partial charge >= 0.3 is 0 Å². The fourth-order valence-corrected chi connectivity index (χ4v) is 2.30. The van der Waals surface area contributed by atoms with Gasteiger partial charge in [-0.1, -0.05) is 71.8 Å². The second kappa shape index (κ2) is 6.52. The van der Waals surface area contributed by atoms with E-state index in [-0.39, 0.29) is 0 Å². The molecule has 0 aromatic heterocycles. The van der Waals surface area contributed by atoms with Gasteiger partial charge in [0.15, 0.2) is 0 Å². The summed E-state index contributed by atoms with van der Waals surface area (Å²) in [4.78, 5) is 0. The highest BCUT2D eigenvalue weighted by Crippen LogP contribution is 2.36. The fourth-order valence-electron chi connectivity index (χ4n) is 1.22. The van der Waals surface area contributed by atoms with Crippen LogP contribution in [0.1, 0.15) is 61.2 Å². The van der Waals surface area contributed by atoms with Gasteiger partial charge in [0.1, 0.15) is 0 Å². The summed E-state index contributed by atoms with van der Waals surface area (Å²) in [6.07, 6.45) is 8.49. The van der Waals surface area contributed by atoms with Gasteiger partial charge in [-0.3, -0.25) is 0 Å². The third-order valence-corrected chi connectivity index (χ3v) is 8.22. The second-order valence-corrected chi connectivity index (χ2v) is 11.1. The molecule has 0 N–H and O–H groups in total. The standard InChI is InChI=1S/C14H30Si/c1-7-8-9-10-11-12-13-15(5,6)14(2,3)4/h12-13H,7-11H2,1-6H3/b13-12+/i13D. The van der Waals surface area contributed by atoms with Crippen molar-refractivity contribution in [1.29, 1.82) is 0 Å². The summed E-state index contributed by atoms with van der Waals surface area (Å²) in [5, 5.41) is 0.296. The lowest BCUT2D eigenvalue weighted by Gasteiger charge is -2.34. The molecule has 0 aliphatic heterocycles. The minimum atomic E-state index is -1.55. The van der Waals surface area contributed by atoms with Gasteiger partial charge in [0, 0.05) is 0 Å². The Morgan fingerprint density at radius 3 is 2.20 bits per heavy atom. The van der Waals surface area contributed by atoms with Crippen molar-refractivity contribution in [2.45, 2.75) is 77.9 Å². The molecule has 0 fully saturated rings. The number of hydrogen-bond donors (Lipinski definition) is 0. The molecule has 0 heterocycles. The van der Waals surface area contributed by atoms with E-state index < -0.39 is 8.07 Å². The zero-order valence-electron chi connectivity index (χ0n) is 12.6. The molecule has 0 aromatic carbocycles. The van der Waals surface area contributed by atoms with E-state index in [0.717, 1.165) is 12.1 Å². The van der Waals surface area contributed by atoms with Crippen molar-refractivity contribution < 1.29 is 1.37 Å². The molecule has 0 atom stereocenters. The predicted molar refractivity (Wildman–Crippen MR) is 75.1 cm³/mol. The van der Waals surface area contributed by atoms with E-state index in [9.17, 15) is 0 Å². The molecule has 0 amide bonds. The lowest BCUT2D eigenvalue weighted by Crippen LogP contribution is -2.34. The van der Waals surface area contributed by atoms with Crippen LogP contribution < -0.4 is 0 Å². The first kappa shape index (κ1) is 13.0. The first-order valence-corrected chi connectivity index (χ1v) is 9.40. The first-order chi connectivity index (χ1) is 7.23. The van der Waals surface area contributed by atoms with E-state index in [1.165, 1.54) is 25.7 Å². The second-order valence-electron chi connectivity index (χ2n) is 6.07. The Bertz CT molecular complexity index is 223. The zero-order chi connectivity index (χ0) is 12.8. The maximum Gasteiger partial charge on any atom is 0.0766 e. The van der Waals surface area contributed by atoms with Gasteiger partial charge < -0.3 is 0 Å². The first-order valence-electron chi connectivity index (χ1n) is 6.90. The molecule has 0 bridgehead atoms. The third kappa shape index (κ3) is 6.19. The maximum absolute atomic E-state index is 8.23. The molecule has 0 aliphatic rings. The van der Waals surface area contributed by atoms with E-state index in [0.29, 0.717) is 5.04 Å². The molecule has 0 aromatic rings. The van der Waals surface area contributed by atoms with Crippen molar-refractivity contribution in [1.82, 2.24) is 0 Å². The molecule has 0 unspecified atom stereocenters. The zero-order valence-corrected chi connectivity index (χ0v) is 12.6. The molecule has 0 radical (unpaired) electrons. The summed E-state index contributed by atoms with van der Waals surface area (Å²) in [6, 6.07) is 0. The van der Waals surface area contributed by atoms with Crippen LogP contribution in [0.4, 0.5) is 0 Å². The van der Waals surface area contributed by atoms with Gasteiger partial charge in [0.05, 0.1) is 9.44 Å². The molecule has 0 aliphatic carbocycles. The highest BCUT2D eigenvalue weighted by Gasteiger charge is 2.31. The average molecular weight is 227 g/mol. The van der Waals surface area contributed by atoms with Crippen molar-refractivity contribution in [2.24, 2.45) is 0 Å². The lowest BCUT2D eigenvalue weighted by molar-refractivity contribution is 0.674. The Morgan fingerprint density at radius 1 is 1.13 bits per heavy atom. The van der Waals surface area contributed by atoms with Crippen LogP contribution in [0.15, 0.2) is 11.8 Å². The van der Waals surface area contributed by atoms with Crippen LogP contribution in [0.25, 0.3) is 0 Å². The largest absolute Gasteiger partial charge is 0.0981 e. The summed E-state index contributed by atoms with van der Waals surface area (Å²) in [7, 11) is -1.55. The highest BCUT2D eigenvalue weighted by molar-refractivity contribution is 6.84. The number of rotatable bonds is 6. The third-order valence-electron chi connectivity index (χ3n) is 3.54. The number of unbranched alkanes of at least 4 members (excludes halogenated alkanes) is 4. The van der Waals surface area contributed by atoms with Gasteiger partial charge in [0.25, 0.3) is 0 Å². The van der Waals surface area contributed by atoms with E-state index >= 15 is 0 Å². The summed E-state index contributed by atoms with van der Waals surface area (Å²) >= 11 is 0. The normalized spacial score (nSPS) is 15.3. The minimum Gasteiger partial charge on any atom is -0.0981 e. The van der Waals surface area contributed by atoms with E-state index in [1.807, 2.05) is 0 Å². The van der Waals surface area contributed by atoms with Gasteiger partial charge in [-0.05, 0) is 17.9 Å². The Kier molecular flexibility index (Phi) is 5.66.